The Morgan fingerprint density at radius 2 is 2.06 bits per heavy atom. The van der Waals surface area contributed by atoms with Crippen LogP contribution in [0.4, 0.5) is 5.88 Å². The Bertz CT molecular complexity index is 582. The van der Waals surface area contributed by atoms with Gasteiger partial charge in [0.25, 0.3) is 0 Å². The molecule has 0 aliphatic heterocycles. The number of benzene rings is 1. The molecule has 2 atom stereocenters. The van der Waals surface area contributed by atoms with E-state index < -0.39 is 0 Å². The zero-order valence-corrected chi connectivity index (χ0v) is 9.13. The van der Waals surface area contributed by atoms with Crippen LogP contribution in [0.3, 0.4) is 0 Å². The van der Waals surface area contributed by atoms with Crippen LogP contribution in [0, 0.1) is 11.3 Å². The molecule has 4 nitrogen and oxygen atoms in total. The number of nitrogens with two attached hydrogens (primary N) is 1. The molecular weight excluding hydrogens is 214 g/mol. The van der Waals surface area contributed by atoms with E-state index in [4.69, 9.17) is 15.4 Å². The van der Waals surface area contributed by atoms with Gasteiger partial charge in [0.1, 0.15) is 6.07 Å². The Hall–Kier alpha value is -2.28. The van der Waals surface area contributed by atoms with Gasteiger partial charge in [0.2, 0.25) is 17.5 Å². The summed E-state index contributed by atoms with van der Waals surface area (Å²) in [6.07, 6.45) is 1.01. The zero-order chi connectivity index (χ0) is 11.8. The molecule has 1 fully saturated rings. The fourth-order valence-corrected chi connectivity index (χ4v) is 2.12. The summed E-state index contributed by atoms with van der Waals surface area (Å²) < 4.78 is 5.33. The minimum absolute atomic E-state index is 0.126. The van der Waals surface area contributed by atoms with Crippen molar-refractivity contribution in [2.24, 2.45) is 0 Å². The summed E-state index contributed by atoms with van der Waals surface area (Å²) in [5.74, 6) is 1.43. The molecule has 1 heterocycles. The van der Waals surface area contributed by atoms with E-state index in [1.807, 2.05) is 24.3 Å². The van der Waals surface area contributed by atoms with E-state index in [0.29, 0.717) is 11.8 Å². The third-order valence-corrected chi connectivity index (χ3v) is 3.11. The number of rotatable bonds is 2. The first-order valence-electron chi connectivity index (χ1n) is 5.51. The smallest absolute Gasteiger partial charge is 0.229 e. The molecule has 1 aliphatic carbocycles. The van der Waals surface area contributed by atoms with Crippen molar-refractivity contribution in [3.05, 3.63) is 47.5 Å². The van der Waals surface area contributed by atoms with E-state index in [1.54, 1.807) is 0 Å². The maximum absolute atomic E-state index is 8.76. The van der Waals surface area contributed by atoms with Gasteiger partial charge in [0.05, 0.1) is 0 Å². The van der Waals surface area contributed by atoms with Gasteiger partial charge in [-0.2, -0.15) is 5.26 Å². The number of nitrogen functional groups attached to an aromatic ring is 1. The molecule has 84 valence electrons. The molecule has 2 N–H and O–H groups in total. The third-order valence-electron chi connectivity index (χ3n) is 3.11. The summed E-state index contributed by atoms with van der Waals surface area (Å²) >= 11 is 0. The molecule has 0 radical (unpaired) electrons. The number of hydrogen-bond donors (Lipinski definition) is 1. The third kappa shape index (κ3) is 1.66. The molecule has 2 aromatic rings. The van der Waals surface area contributed by atoms with E-state index in [1.165, 1.54) is 5.56 Å². The van der Waals surface area contributed by atoms with Crippen LogP contribution < -0.4 is 5.73 Å². The van der Waals surface area contributed by atoms with E-state index in [0.717, 1.165) is 6.42 Å². The minimum Gasteiger partial charge on any atom is -0.424 e. The summed E-state index contributed by atoms with van der Waals surface area (Å²) in [7, 11) is 0. The predicted octanol–water partition coefficient (Wildman–Crippen LogP) is 2.40. The van der Waals surface area contributed by atoms with E-state index in [9.17, 15) is 0 Å². The molecule has 17 heavy (non-hydrogen) atoms. The van der Waals surface area contributed by atoms with Gasteiger partial charge in [-0.3, -0.25) is 0 Å². The number of nitrogens with zero attached hydrogens (tertiary/aromatic N) is 2. The fraction of sp³-hybridized carbons (Fsp3) is 0.231. The molecule has 0 saturated heterocycles. The summed E-state index contributed by atoms with van der Waals surface area (Å²) in [6, 6.07) is 12.2. The van der Waals surface area contributed by atoms with Crippen LogP contribution in [0.25, 0.3) is 0 Å². The van der Waals surface area contributed by atoms with E-state index in [2.05, 4.69) is 17.1 Å². The molecule has 1 saturated carbocycles. The molecule has 4 heteroatoms. The lowest BCUT2D eigenvalue weighted by Gasteiger charge is -1.96. The maximum atomic E-state index is 8.76. The highest BCUT2D eigenvalue weighted by molar-refractivity contribution is 5.42. The van der Waals surface area contributed by atoms with Crippen LogP contribution in [0.1, 0.15) is 35.4 Å². The quantitative estimate of drug-likeness (QED) is 0.851. The lowest BCUT2D eigenvalue weighted by Crippen LogP contribution is -1.85. The Labute approximate surface area is 98.7 Å². The lowest BCUT2D eigenvalue weighted by molar-refractivity contribution is 0.510. The number of oxazole rings is 1. The zero-order valence-electron chi connectivity index (χ0n) is 9.13. The van der Waals surface area contributed by atoms with Gasteiger partial charge < -0.3 is 10.2 Å². The Morgan fingerprint density at radius 1 is 1.29 bits per heavy atom. The fourth-order valence-electron chi connectivity index (χ4n) is 2.12. The van der Waals surface area contributed by atoms with Crippen molar-refractivity contribution in [1.82, 2.24) is 4.98 Å². The van der Waals surface area contributed by atoms with Crippen LogP contribution in [0.2, 0.25) is 0 Å². The van der Waals surface area contributed by atoms with E-state index in [-0.39, 0.29) is 17.5 Å². The molecule has 0 bridgehead atoms. The van der Waals surface area contributed by atoms with Gasteiger partial charge >= 0.3 is 0 Å². The summed E-state index contributed by atoms with van der Waals surface area (Å²) in [5, 5.41) is 8.76. The maximum Gasteiger partial charge on any atom is 0.229 e. The molecule has 1 aromatic carbocycles. The highest BCUT2D eigenvalue weighted by Gasteiger charge is 2.43. The monoisotopic (exact) mass is 225 g/mol. The average Bonchev–Trinajstić information content (AvgIpc) is 3.08. The molecule has 1 aromatic heterocycles. The highest BCUT2D eigenvalue weighted by atomic mass is 16.4. The largest absolute Gasteiger partial charge is 0.424 e. The normalized spacial score (nSPS) is 22.1. The molecule has 3 rings (SSSR count). The second-order valence-electron chi connectivity index (χ2n) is 4.24. The van der Waals surface area contributed by atoms with Crippen molar-refractivity contribution in [3.63, 3.8) is 0 Å². The van der Waals surface area contributed by atoms with Gasteiger partial charge in [-0.05, 0) is 17.9 Å². The van der Waals surface area contributed by atoms with Crippen molar-refractivity contribution in [1.29, 1.82) is 5.26 Å². The topological polar surface area (TPSA) is 75.8 Å². The van der Waals surface area contributed by atoms with Crippen LogP contribution in [-0.2, 0) is 0 Å². The van der Waals surface area contributed by atoms with Crippen molar-refractivity contribution < 1.29 is 4.42 Å². The first kappa shape index (κ1) is 9.91. The van der Waals surface area contributed by atoms with Gasteiger partial charge in [-0.15, -0.1) is 0 Å². The van der Waals surface area contributed by atoms with Crippen molar-refractivity contribution in [2.45, 2.75) is 18.3 Å². The Kier molecular flexibility index (Phi) is 2.12. The van der Waals surface area contributed by atoms with Gasteiger partial charge in [0, 0.05) is 5.92 Å². The summed E-state index contributed by atoms with van der Waals surface area (Å²) in [4.78, 5) is 4.11. The predicted molar refractivity (Wildman–Crippen MR) is 62.2 cm³/mol. The highest BCUT2D eigenvalue weighted by Crippen LogP contribution is 2.54. The van der Waals surface area contributed by atoms with Crippen LogP contribution in [-0.4, -0.2) is 4.98 Å². The first-order chi connectivity index (χ1) is 8.29. The van der Waals surface area contributed by atoms with Gasteiger partial charge in [0.15, 0.2) is 0 Å². The standard InChI is InChI=1S/C13H11N3O/c14-7-11-12(15)17-13(16-11)10-6-9(10)8-4-2-1-3-5-8/h1-5,9-10H,6,15H2. The lowest BCUT2D eigenvalue weighted by atomic mass is 10.1. The van der Waals surface area contributed by atoms with Gasteiger partial charge in [-0.1, -0.05) is 30.3 Å². The molecule has 2 unspecified atom stereocenters. The molecule has 1 aliphatic rings. The number of aromatic nitrogens is 1. The average molecular weight is 225 g/mol. The second-order valence-corrected chi connectivity index (χ2v) is 4.24. The van der Waals surface area contributed by atoms with E-state index >= 15 is 0 Å². The minimum atomic E-state index is 0.126. The molecule has 0 spiro atoms. The van der Waals surface area contributed by atoms with Crippen molar-refractivity contribution in [3.8, 4) is 6.07 Å². The second kappa shape index (κ2) is 3.63. The first-order valence-corrected chi connectivity index (χ1v) is 5.51. The van der Waals surface area contributed by atoms with Crippen LogP contribution >= 0.6 is 0 Å². The number of nitriles is 1. The molecular formula is C13H11N3O. The van der Waals surface area contributed by atoms with Crippen molar-refractivity contribution >= 4 is 5.88 Å². The van der Waals surface area contributed by atoms with Crippen molar-refractivity contribution in [2.75, 3.05) is 5.73 Å². The summed E-state index contributed by atoms with van der Waals surface area (Å²) in [5.41, 5.74) is 7.03. The Balaban J connectivity index is 1.83. The Morgan fingerprint density at radius 3 is 2.71 bits per heavy atom. The number of hydrogen-bond acceptors (Lipinski definition) is 4. The van der Waals surface area contributed by atoms with Crippen LogP contribution in [0.5, 0.6) is 0 Å². The van der Waals surface area contributed by atoms with Crippen LogP contribution in [0.15, 0.2) is 34.7 Å². The summed E-state index contributed by atoms with van der Waals surface area (Å²) in [6.45, 7) is 0. The molecule has 0 amide bonds. The van der Waals surface area contributed by atoms with Gasteiger partial charge in [-0.25, -0.2) is 4.98 Å². The SMILES string of the molecule is N#Cc1nc(C2CC2c2ccccc2)oc1N. The number of anilines is 1.